The Morgan fingerprint density at radius 3 is 2.67 bits per heavy atom. The number of hydrogen-bond acceptors (Lipinski definition) is 4. The van der Waals surface area contributed by atoms with Crippen LogP contribution in [0.3, 0.4) is 0 Å². The van der Waals surface area contributed by atoms with Crippen LogP contribution in [0.1, 0.15) is 29.9 Å². The highest BCUT2D eigenvalue weighted by atomic mass is 16.5. The summed E-state index contributed by atoms with van der Waals surface area (Å²) >= 11 is 0. The van der Waals surface area contributed by atoms with Crippen LogP contribution in [-0.4, -0.2) is 42.1 Å². The van der Waals surface area contributed by atoms with Crippen molar-refractivity contribution in [1.82, 2.24) is 15.4 Å². The molecule has 0 unspecified atom stereocenters. The molecule has 1 aromatic rings. The number of carbonyl (C=O) groups is 1. The van der Waals surface area contributed by atoms with E-state index in [1.54, 1.807) is 0 Å². The van der Waals surface area contributed by atoms with Crippen molar-refractivity contribution in [3.63, 3.8) is 0 Å². The summed E-state index contributed by atoms with van der Waals surface area (Å²) in [5.74, 6) is 0.899. The number of aryl methyl sites for hydroxylation is 2. The van der Waals surface area contributed by atoms with Crippen LogP contribution in [0.15, 0.2) is 4.52 Å². The second-order valence-corrected chi connectivity index (χ2v) is 4.97. The third-order valence-electron chi connectivity index (χ3n) is 3.76. The largest absolute Gasteiger partial charge is 0.361 e. The molecule has 1 amide bonds. The number of carbonyl (C=O) groups excluding carboxylic acids is 1. The number of nitrogens with one attached hydrogen (secondary N) is 1. The van der Waals surface area contributed by atoms with E-state index >= 15 is 0 Å². The van der Waals surface area contributed by atoms with Crippen molar-refractivity contribution >= 4 is 5.91 Å². The first-order chi connectivity index (χ1) is 8.59. The molecule has 1 aliphatic rings. The van der Waals surface area contributed by atoms with Crippen molar-refractivity contribution in [1.29, 1.82) is 0 Å². The van der Waals surface area contributed by atoms with E-state index in [2.05, 4.69) is 10.5 Å². The quantitative estimate of drug-likeness (QED) is 0.872. The van der Waals surface area contributed by atoms with Gasteiger partial charge in [0, 0.05) is 18.7 Å². The second-order valence-electron chi connectivity index (χ2n) is 4.97. The number of likely N-dealkylation sites (N-methyl/N-ethyl adjacent to an activating group) is 1. The van der Waals surface area contributed by atoms with Gasteiger partial charge in [-0.25, -0.2) is 0 Å². The molecule has 0 bridgehead atoms. The smallest absolute Gasteiger partial charge is 0.227 e. The van der Waals surface area contributed by atoms with E-state index in [0.717, 1.165) is 42.9 Å². The molecular weight excluding hydrogens is 230 g/mol. The zero-order valence-electron chi connectivity index (χ0n) is 11.3. The van der Waals surface area contributed by atoms with Gasteiger partial charge >= 0.3 is 0 Å². The van der Waals surface area contributed by atoms with E-state index in [0.29, 0.717) is 12.5 Å². The summed E-state index contributed by atoms with van der Waals surface area (Å²) in [6, 6.07) is 0.360. The lowest BCUT2D eigenvalue weighted by Gasteiger charge is -2.31. The van der Waals surface area contributed by atoms with Crippen molar-refractivity contribution in [3.8, 4) is 0 Å². The van der Waals surface area contributed by atoms with Crippen molar-refractivity contribution in [2.24, 2.45) is 0 Å². The summed E-state index contributed by atoms with van der Waals surface area (Å²) in [4.78, 5) is 14.1. The van der Waals surface area contributed by atoms with Gasteiger partial charge in [0.25, 0.3) is 0 Å². The molecule has 5 nitrogen and oxygen atoms in total. The molecule has 1 saturated heterocycles. The number of piperidine rings is 1. The number of aromatic nitrogens is 1. The predicted octanol–water partition coefficient (Wildman–Crippen LogP) is 1.04. The third kappa shape index (κ3) is 2.72. The highest BCUT2D eigenvalue weighted by Gasteiger charge is 2.23. The van der Waals surface area contributed by atoms with Gasteiger partial charge in [0.2, 0.25) is 5.91 Å². The zero-order chi connectivity index (χ0) is 13.1. The molecule has 100 valence electrons. The van der Waals surface area contributed by atoms with Crippen LogP contribution < -0.4 is 5.32 Å². The van der Waals surface area contributed by atoms with Gasteiger partial charge in [-0.05, 0) is 39.8 Å². The molecule has 2 rings (SSSR count). The Bertz CT molecular complexity index is 402. The maximum atomic E-state index is 12.3. The van der Waals surface area contributed by atoms with Crippen LogP contribution >= 0.6 is 0 Å². The van der Waals surface area contributed by atoms with Crippen molar-refractivity contribution < 1.29 is 9.32 Å². The summed E-state index contributed by atoms with van der Waals surface area (Å²) in [5.41, 5.74) is 1.75. The fraction of sp³-hybridized carbons (Fsp3) is 0.692. The van der Waals surface area contributed by atoms with Crippen molar-refractivity contribution in [2.45, 2.75) is 39.2 Å². The minimum Gasteiger partial charge on any atom is -0.361 e. The van der Waals surface area contributed by atoms with E-state index in [9.17, 15) is 4.79 Å². The van der Waals surface area contributed by atoms with Crippen LogP contribution in [0, 0.1) is 13.8 Å². The fourth-order valence-corrected chi connectivity index (χ4v) is 2.43. The molecule has 1 N–H and O–H groups in total. The molecule has 0 spiro atoms. The van der Waals surface area contributed by atoms with Crippen LogP contribution in [0.4, 0.5) is 0 Å². The van der Waals surface area contributed by atoms with E-state index in [1.807, 2.05) is 25.8 Å². The molecular formula is C13H21N3O2. The molecule has 0 aliphatic carbocycles. The molecule has 0 atom stereocenters. The third-order valence-corrected chi connectivity index (χ3v) is 3.76. The molecule has 0 saturated carbocycles. The lowest BCUT2D eigenvalue weighted by Crippen LogP contribution is -2.44. The van der Waals surface area contributed by atoms with E-state index in [1.165, 1.54) is 0 Å². The van der Waals surface area contributed by atoms with E-state index in [4.69, 9.17) is 4.52 Å². The Balaban J connectivity index is 1.99. The molecule has 5 heteroatoms. The van der Waals surface area contributed by atoms with Gasteiger partial charge in [0.05, 0.1) is 12.1 Å². The minimum absolute atomic E-state index is 0.149. The first-order valence-electron chi connectivity index (χ1n) is 6.47. The maximum absolute atomic E-state index is 12.3. The number of nitrogens with zero attached hydrogens (tertiary/aromatic N) is 2. The Labute approximate surface area is 108 Å². The fourth-order valence-electron chi connectivity index (χ4n) is 2.43. The molecule has 2 heterocycles. The molecule has 1 fully saturated rings. The summed E-state index contributed by atoms with van der Waals surface area (Å²) in [6.07, 6.45) is 2.45. The summed E-state index contributed by atoms with van der Waals surface area (Å²) in [5, 5.41) is 7.19. The Hall–Kier alpha value is -1.36. The normalized spacial score (nSPS) is 16.8. The van der Waals surface area contributed by atoms with Crippen LogP contribution in [0.2, 0.25) is 0 Å². The molecule has 0 aromatic carbocycles. The maximum Gasteiger partial charge on any atom is 0.227 e. The first kappa shape index (κ1) is 13.1. The molecule has 1 aliphatic heterocycles. The van der Waals surface area contributed by atoms with Crippen molar-refractivity contribution in [3.05, 3.63) is 17.0 Å². The lowest BCUT2D eigenvalue weighted by atomic mass is 10.0. The Kier molecular flexibility index (Phi) is 4.01. The Morgan fingerprint density at radius 2 is 2.11 bits per heavy atom. The number of amides is 1. The number of hydrogen-bond donors (Lipinski definition) is 1. The standard InChI is InChI=1S/C13H21N3O2/c1-9-12(10(2)18-15-9)8-13(17)16(3)11-4-6-14-7-5-11/h11,14H,4-8H2,1-3H3. The number of rotatable bonds is 3. The minimum atomic E-state index is 0.149. The van der Waals surface area contributed by atoms with Gasteiger partial charge < -0.3 is 14.7 Å². The zero-order valence-corrected chi connectivity index (χ0v) is 11.3. The van der Waals surface area contributed by atoms with Gasteiger partial charge in [-0.2, -0.15) is 0 Å². The highest BCUT2D eigenvalue weighted by molar-refractivity contribution is 5.79. The van der Waals surface area contributed by atoms with Gasteiger partial charge in [-0.15, -0.1) is 0 Å². The Morgan fingerprint density at radius 1 is 1.44 bits per heavy atom. The summed E-state index contributed by atoms with van der Waals surface area (Å²) in [7, 11) is 1.90. The summed E-state index contributed by atoms with van der Waals surface area (Å²) < 4.78 is 5.09. The van der Waals surface area contributed by atoms with Crippen molar-refractivity contribution in [2.75, 3.05) is 20.1 Å². The summed E-state index contributed by atoms with van der Waals surface area (Å²) in [6.45, 7) is 5.72. The SMILES string of the molecule is Cc1noc(C)c1CC(=O)N(C)C1CCNCC1. The second kappa shape index (κ2) is 5.52. The predicted molar refractivity (Wildman–Crippen MR) is 68.3 cm³/mol. The van der Waals surface area contributed by atoms with Crippen LogP contribution in [0.25, 0.3) is 0 Å². The van der Waals surface area contributed by atoms with Gasteiger partial charge in [-0.1, -0.05) is 5.16 Å². The van der Waals surface area contributed by atoms with Gasteiger partial charge in [0.15, 0.2) is 0 Å². The molecule has 18 heavy (non-hydrogen) atoms. The van der Waals surface area contributed by atoms with Crippen LogP contribution in [-0.2, 0) is 11.2 Å². The van der Waals surface area contributed by atoms with E-state index < -0.39 is 0 Å². The average Bonchev–Trinajstić information content (AvgIpc) is 2.70. The highest BCUT2D eigenvalue weighted by Crippen LogP contribution is 2.16. The average molecular weight is 251 g/mol. The lowest BCUT2D eigenvalue weighted by molar-refractivity contribution is -0.131. The molecule has 1 aromatic heterocycles. The van der Waals surface area contributed by atoms with E-state index in [-0.39, 0.29) is 5.91 Å². The monoisotopic (exact) mass is 251 g/mol. The first-order valence-corrected chi connectivity index (χ1v) is 6.47. The topological polar surface area (TPSA) is 58.4 Å². The van der Waals surface area contributed by atoms with Gasteiger partial charge in [-0.3, -0.25) is 4.79 Å². The molecule has 0 radical (unpaired) electrons. The van der Waals surface area contributed by atoms with Gasteiger partial charge in [0.1, 0.15) is 5.76 Å². The van der Waals surface area contributed by atoms with Crippen LogP contribution in [0.5, 0.6) is 0 Å².